The van der Waals surface area contributed by atoms with Gasteiger partial charge in [0, 0.05) is 20.1 Å². The number of alkyl halides is 3. The highest BCUT2D eigenvalue weighted by Gasteiger charge is 2.25. The summed E-state index contributed by atoms with van der Waals surface area (Å²) >= 11 is 0. The number of rotatable bonds is 5. The predicted octanol–water partition coefficient (Wildman–Crippen LogP) is 1.85. The van der Waals surface area contributed by atoms with Crippen LogP contribution in [0.25, 0.3) is 0 Å². The predicted molar refractivity (Wildman–Crippen MR) is 65.9 cm³/mol. The molecule has 4 nitrogen and oxygen atoms in total. The number of nitrogens with zero attached hydrogens (tertiary/aromatic N) is 3. The van der Waals surface area contributed by atoms with Crippen molar-refractivity contribution in [2.45, 2.75) is 13.1 Å². The van der Waals surface area contributed by atoms with Gasteiger partial charge in [-0.25, -0.2) is 4.98 Å². The number of anilines is 1. The summed E-state index contributed by atoms with van der Waals surface area (Å²) in [5, 5.41) is 11.1. The molecule has 1 heterocycles. The van der Waals surface area contributed by atoms with Crippen molar-refractivity contribution in [1.29, 1.82) is 5.26 Å². The molecule has 0 aliphatic carbocycles. The van der Waals surface area contributed by atoms with Crippen LogP contribution in [-0.2, 0) is 0 Å². The van der Waals surface area contributed by atoms with E-state index >= 15 is 0 Å². The van der Waals surface area contributed by atoms with Crippen LogP contribution >= 0.6 is 0 Å². The van der Waals surface area contributed by atoms with Gasteiger partial charge in [0.1, 0.15) is 11.9 Å². The van der Waals surface area contributed by atoms with E-state index in [1.54, 1.807) is 31.0 Å². The number of likely N-dealkylation sites (N-methyl/N-ethyl adjacent to an activating group) is 1. The monoisotopic (exact) mass is 272 g/mol. The second-order valence-corrected chi connectivity index (χ2v) is 4.13. The lowest BCUT2D eigenvalue weighted by Gasteiger charge is -2.19. The van der Waals surface area contributed by atoms with Crippen molar-refractivity contribution < 1.29 is 13.2 Å². The van der Waals surface area contributed by atoms with Gasteiger partial charge in [-0.05, 0) is 19.1 Å². The first-order valence-electron chi connectivity index (χ1n) is 5.70. The molecule has 0 aliphatic rings. The van der Waals surface area contributed by atoms with Crippen molar-refractivity contribution in [3.05, 3.63) is 23.4 Å². The number of nitrogens with one attached hydrogen (secondary N) is 1. The first-order chi connectivity index (χ1) is 8.83. The number of hydrogen-bond acceptors (Lipinski definition) is 4. The van der Waals surface area contributed by atoms with E-state index in [4.69, 9.17) is 5.26 Å². The van der Waals surface area contributed by atoms with Crippen LogP contribution in [0.2, 0.25) is 0 Å². The molecule has 7 heteroatoms. The third kappa shape index (κ3) is 5.14. The molecule has 0 amide bonds. The number of aromatic nitrogens is 1. The molecule has 1 aromatic heterocycles. The minimum absolute atomic E-state index is 0.205. The lowest BCUT2D eigenvalue weighted by atomic mass is 10.2. The molecule has 0 unspecified atom stereocenters. The summed E-state index contributed by atoms with van der Waals surface area (Å²) in [7, 11) is 1.74. The van der Waals surface area contributed by atoms with Crippen molar-refractivity contribution >= 4 is 5.82 Å². The highest BCUT2D eigenvalue weighted by Crippen LogP contribution is 2.13. The largest absolute Gasteiger partial charge is 0.401 e. The average Bonchev–Trinajstić information content (AvgIpc) is 2.33. The smallest absolute Gasteiger partial charge is 0.358 e. The van der Waals surface area contributed by atoms with Crippen molar-refractivity contribution in [2.75, 3.05) is 31.6 Å². The SMILES string of the molecule is Cc1nc(N(C)CCNCC(F)(F)F)ccc1C#N. The zero-order valence-corrected chi connectivity index (χ0v) is 10.8. The van der Waals surface area contributed by atoms with Crippen molar-refractivity contribution in [3.63, 3.8) is 0 Å². The van der Waals surface area contributed by atoms with E-state index in [0.717, 1.165) is 0 Å². The second kappa shape index (κ2) is 6.38. The van der Waals surface area contributed by atoms with E-state index in [9.17, 15) is 13.2 Å². The van der Waals surface area contributed by atoms with Crippen molar-refractivity contribution in [3.8, 4) is 6.07 Å². The fourth-order valence-corrected chi connectivity index (χ4v) is 1.47. The fraction of sp³-hybridized carbons (Fsp3) is 0.500. The summed E-state index contributed by atoms with van der Waals surface area (Å²) in [6.45, 7) is 1.32. The van der Waals surface area contributed by atoms with E-state index in [0.29, 0.717) is 23.6 Å². The minimum atomic E-state index is -4.19. The molecule has 0 bridgehead atoms. The zero-order valence-electron chi connectivity index (χ0n) is 10.8. The molecule has 0 aliphatic heterocycles. The van der Waals surface area contributed by atoms with Gasteiger partial charge in [-0.15, -0.1) is 0 Å². The van der Waals surface area contributed by atoms with Gasteiger partial charge >= 0.3 is 6.18 Å². The normalized spacial score (nSPS) is 11.2. The van der Waals surface area contributed by atoms with E-state index < -0.39 is 12.7 Å². The maximum atomic E-state index is 11.9. The fourth-order valence-electron chi connectivity index (χ4n) is 1.47. The zero-order chi connectivity index (χ0) is 14.5. The van der Waals surface area contributed by atoms with Gasteiger partial charge in [0.15, 0.2) is 0 Å². The van der Waals surface area contributed by atoms with Crippen LogP contribution in [0.1, 0.15) is 11.3 Å². The Balaban J connectivity index is 2.48. The maximum absolute atomic E-state index is 11.9. The lowest BCUT2D eigenvalue weighted by Crippen LogP contribution is -2.35. The summed E-state index contributed by atoms with van der Waals surface area (Å²) in [4.78, 5) is 5.96. The molecule has 0 fully saturated rings. The van der Waals surface area contributed by atoms with Gasteiger partial charge in [-0.1, -0.05) is 0 Å². The van der Waals surface area contributed by atoms with E-state index in [1.165, 1.54) is 0 Å². The summed E-state index contributed by atoms with van der Waals surface area (Å²) in [6.07, 6.45) is -4.19. The van der Waals surface area contributed by atoms with E-state index in [2.05, 4.69) is 10.3 Å². The summed E-state index contributed by atoms with van der Waals surface area (Å²) < 4.78 is 35.8. The molecule has 0 spiro atoms. The maximum Gasteiger partial charge on any atom is 0.401 e. The van der Waals surface area contributed by atoms with Crippen LogP contribution < -0.4 is 10.2 Å². The molecule has 0 saturated heterocycles. The molecule has 0 radical (unpaired) electrons. The molecule has 104 valence electrons. The first-order valence-corrected chi connectivity index (χ1v) is 5.70. The summed E-state index contributed by atoms with van der Waals surface area (Å²) in [5.41, 5.74) is 1.10. The number of aryl methyl sites for hydroxylation is 1. The number of nitriles is 1. The van der Waals surface area contributed by atoms with Gasteiger partial charge < -0.3 is 10.2 Å². The van der Waals surface area contributed by atoms with Gasteiger partial charge in [-0.2, -0.15) is 18.4 Å². The minimum Gasteiger partial charge on any atom is -0.358 e. The van der Waals surface area contributed by atoms with Crippen LogP contribution in [-0.4, -0.2) is 37.8 Å². The summed E-state index contributed by atoms with van der Waals surface area (Å²) in [5.74, 6) is 0.630. The van der Waals surface area contributed by atoms with Gasteiger partial charge in [0.2, 0.25) is 0 Å². The van der Waals surface area contributed by atoms with E-state index in [-0.39, 0.29) is 6.54 Å². The third-order valence-electron chi connectivity index (χ3n) is 2.53. The van der Waals surface area contributed by atoms with Crippen molar-refractivity contribution in [1.82, 2.24) is 10.3 Å². The molecular formula is C12H15F3N4. The average molecular weight is 272 g/mol. The molecule has 0 saturated carbocycles. The highest BCUT2D eigenvalue weighted by molar-refractivity contribution is 5.44. The topological polar surface area (TPSA) is 52.0 Å². The highest BCUT2D eigenvalue weighted by atomic mass is 19.4. The lowest BCUT2D eigenvalue weighted by molar-refractivity contribution is -0.124. The first kappa shape index (κ1) is 15.2. The van der Waals surface area contributed by atoms with Crippen LogP contribution in [0.15, 0.2) is 12.1 Å². The van der Waals surface area contributed by atoms with Crippen LogP contribution in [0, 0.1) is 18.3 Å². The molecule has 0 aromatic carbocycles. The number of halogens is 3. The Morgan fingerprint density at radius 3 is 2.63 bits per heavy atom. The van der Waals surface area contributed by atoms with Gasteiger partial charge in [-0.3, -0.25) is 0 Å². The third-order valence-corrected chi connectivity index (χ3v) is 2.53. The van der Waals surface area contributed by atoms with Gasteiger partial charge in [0.05, 0.1) is 17.8 Å². The van der Waals surface area contributed by atoms with Crippen LogP contribution in [0.5, 0.6) is 0 Å². The van der Waals surface area contributed by atoms with Crippen molar-refractivity contribution in [2.24, 2.45) is 0 Å². The molecule has 1 aromatic rings. The van der Waals surface area contributed by atoms with Gasteiger partial charge in [0.25, 0.3) is 0 Å². The van der Waals surface area contributed by atoms with Crippen LogP contribution in [0.3, 0.4) is 0 Å². The molecule has 1 rings (SSSR count). The van der Waals surface area contributed by atoms with Crippen LogP contribution in [0.4, 0.5) is 19.0 Å². The Morgan fingerprint density at radius 1 is 1.42 bits per heavy atom. The Kier molecular flexibility index (Phi) is 5.12. The molecule has 19 heavy (non-hydrogen) atoms. The Labute approximate surface area is 109 Å². The number of pyridine rings is 1. The standard InChI is InChI=1S/C12H15F3N4/c1-9-10(7-16)3-4-11(18-9)19(2)6-5-17-8-12(13,14)15/h3-4,17H,5-6,8H2,1-2H3. The van der Waals surface area contributed by atoms with E-state index in [1.807, 2.05) is 6.07 Å². The second-order valence-electron chi connectivity index (χ2n) is 4.13. The number of hydrogen-bond donors (Lipinski definition) is 1. The summed E-state index contributed by atoms with van der Waals surface area (Å²) in [6, 6.07) is 5.34. The molecule has 0 atom stereocenters. The molecular weight excluding hydrogens is 257 g/mol. The molecule has 1 N–H and O–H groups in total. The Morgan fingerprint density at radius 2 is 2.11 bits per heavy atom. The Hall–Kier alpha value is -1.81. The Bertz CT molecular complexity index is 465. The quantitative estimate of drug-likeness (QED) is 0.831.